The summed E-state index contributed by atoms with van der Waals surface area (Å²) in [5.41, 5.74) is 1.66. The Morgan fingerprint density at radius 1 is 0.491 bits per heavy atom. The van der Waals surface area contributed by atoms with E-state index in [2.05, 4.69) is 24.1 Å². The Hall–Kier alpha value is -5.06. The summed E-state index contributed by atoms with van der Waals surface area (Å²) in [5.74, 6) is -1.92. The van der Waals surface area contributed by atoms with Gasteiger partial charge in [0.15, 0.2) is 12.2 Å². The molecule has 0 aliphatic heterocycles. The summed E-state index contributed by atoms with van der Waals surface area (Å²) >= 11 is 0. The highest BCUT2D eigenvalue weighted by atomic mass is 16.6. The summed E-state index contributed by atoms with van der Waals surface area (Å²) in [6.45, 7) is 8.03. The molecule has 3 aromatic carbocycles. The molecule has 0 unspecified atom stereocenters. The minimum Gasteiger partial charge on any atom is -0.494 e. The number of hydrogen-bond acceptors (Lipinski definition) is 11. The van der Waals surface area contributed by atoms with E-state index in [-0.39, 0.29) is 17.9 Å². The maximum absolute atomic E-state index is 12.7. The molecule has 55 heavy (non-hydrogen) atoms. The fourth-order valence-corrected chi connectivity index (χ4v) is 5.41. The van der Waals surface area contributed by atoms with Crippen molar-refractivity contribution >= 4 is 35.3 Å². The Balaban J connectivity index is 1.36. The molecule has 0 aliphatic rings. The van der Waals surface area contributed by atoms with Gasteiger partial charge in [-0.2, -0.15) is 10.2 Å². The van der Waals surface area contributed by atoms with E-state index in [1.54, 1.807) is 24.3 Å². The molecular formula is C44H58N2O9. The zero-order chi connectivity index (χ0) is 39.7. The van der Waals surface area contributed by atoms with E-state index in [1.165, 1.54) is 95.9 Å². The van der Waals surface area contributed by atoms with E-state index in [1.807, 2.05) is 24.3 Å². The van der Waals surface area contributed by atoms with E-state index in [0.717, 1.165) is 37.9 Å². The zero-order valence-electron chi connectivity index (χ0n) is 33.0. The van der Waals surface area contributed by atoms with E-state index >= 15 is 0 Å². The Bertz CT molecular complexity index is 1610. The zero-order valence-corrected chi connectivity index (χ0v) is 33.0. The molecule has 0 bridgehead atoms. The lowest BCUT2D eigenvalue weighted by atomic mass is 10.1. The number of rotatable bonds is 26. The average molecular weight is 759 g/mol. The smallest absolute Gasteiger partial charge is 0.348 e. The standard InChI is InChI=1S/C44H58N2O9/c1-5-7-9-11-12-13-14-15-16-18-31-51-39-29-25-38(26-30-39)46-45-37-23-19-35(20-24-37)44(50)55-40-27-21-36(22-28-40)43(49)54-34(4)42(48)53-33(3)41(47)52-32-17-10-8-6-2/h19-30,33-34H,5-18,31-32H2,1-4H3/t33-,34-/m0/s1. The first-order valence-electron chi connectivity index (χ1n) is 19.8. The molecule has 0 radical (unpaired) electrons. The van der Waals surface area contributed by atoms with Gasteiger partial charge in [0.1, 0.15) is 11.5 Å². The first-order chi connectivity index (χ1) is 26.7. The van der Waals surface area contributed by atoms with Crippen molar-refractivity contribution in [3.8, 4) is 11.5 Å². The van der Waals surface area contributed by atoms with Gasteiger partial charge in [-0.1, -0.05) is 90.9 Å². The molecular weight excluding hydrogens is 700 g/mol. The summed E-state index contributed by atoms with van der Waals surface area (Å²) in [4.78, 5) is 49.8. The molecule has 298 valence electrons. The van der Waals surface area contributed by atoms with E-state index < -0.39 is 36.1 Å². The molecule has 3 rings (SSSR count). The number of nitrogens with zero attached hydrogens (tertiary/aromatic N) is 2. The van der Waals surface area contributed by atoms with E-state index in [0.29, 0.717) is 23.5 Å². The lowest BCUT2D eigenvalue weighted by molar-refractivity contribution is -0.171. The molecule has 0 saturated heterocycles. The highest BCUT2D eigenvalue weighted by Gasteiger charge is 2.26. The van der Waals surface area contributed by atoms with Crippen molar-refractivity contribution < 1.29 is 42.9 Å². The molecule has 11 nitrogen and oxygen atoms in total. The molecule has 0 N–H and O–H groups in total. The van der Waals surface area contributed by atoms with Crippen LogP contribution in [0.1, 0.15) is 138 Å². The second-order valence-electron chi connectivity index (χ2n) is 13.5. The number of carbonyl (C=O) groups excluding carboxylic acids is 4. The minimum absolute atomic E-state index is 0.125. The summed E-state index contributed by atoms with van der Waals surface area (Å²) in [6, 6.07) is 19.6. The summed E-state index contributed by atoms with van der Waals surface area (Å²) in [5, 5.41) is 8.54. The Morgan fingerprint density at radius 2 is 0.927 bits per heavy atom. The van der Waals surface area contributed by atoms with Crippen LogP contribution in [0.25, 0.3) is 0 Å². The van der Waals surface area contributed by atoms with Gasteiger partial charge in [-0.3, -0.25) is 0 Å². The van der Waals surface area contributed by atoms with Crippen LogP contribution in [0, 0.1) is 0 Å². The molecule has 0 spiro atoms. The number of unbranched alkanes of at least 4 members (excludes halogenated alkanes) is 12. The van der Waals surface area contributed by atoms with Gasteiger partial charge in [-0.15, -0.1) is 0 Å². The highest BCUT2D eigenvalue weighted by molar-refractivity contribution is 5.93. The molecule has 2 atom stereocenters. The molecule has 11 heteroatoms. The number of benzene rings is 3. The summed E-state index contributed by atoms with van der Waals surface area (Å²) in [7, 11) is 0. The van der Waals surface area contributed by atoms with Crippen LogP contribution in [0.4, 0.5) is 11.4 Å². The molecule has 0 aliphatic carbocycles. The van der Waals surface area contributed by atoms with Gasteiger partial charge >= 0.3 is 23.9 Å². The fraction of sp³-hybridized carbons (Fsp3) is 0.500. The Labute approximate surface area is 326 Å². The van der Waals surface area contributed by atoms with E-state index in [4.69, 9.17) is 23.7 Å². The van der Waals surface area contributed by atoms with Gasteiger partial charge in [-0.25, -0.2) is 19.2 Å². The van der Waals surface area contributed by atoms with Gasteiger partial charge in [0, 0.05) is 0 Å². The van der Waals surface area contributed by atoms with Crippen molar-refractivity contribution in [1.82, 2.24) is 0 Å². The number of esters is 4. The Morgan fingerprint density at radius 3 is 1.51 bits per heavy atom. The average Bonchev–Trinajstić information content (AvgIpc) is 3.19. The summed E-state index contributed by atoms with van der Waals surface area (Å²) in [6.07, 6.45) is 14.3. The monoisotopic (exact) mass is 758 g/mol. The molecule has 0 saturated carbocycles. The second-order valence-corrected chi connectivity index (χ2v) is 13.5. The van der Waals surface area contributed by atoms with Crippen LogP contribution in [0.5, 0.6) is 11.5 Å². The maximum atomic E-state index is 12.7. The van der Waals surface area contributed by atoms with Gasteiger partial charge in [0.25, 0.3) is 0 Å². The number of hydrogen-bond donors (Lipinski definition) is 0. The second kappa shape index (κ2) is 25.9. The van der Waals surface area contributed by atoms with E-state index in [9.17, 15) is 19.2 Å². The third-order valence-corrected chi connectivity index (χ3v) is 8.77. The maximum Gasteiger partial charge on any atom is 0.348 e. The first kappa shape index (κ1) is 44.3. The Kier molecular flexibility index (Phi) is 20.9. The molecule has 0 heterocycles. The predicted octanol–water partition coefficient (Wildman–Crippen LogP) is 11.2. The van der Waals surface area contributed by atoms with Crippen molar-refractivity contribution in [3.63, 3.8) is 0 Å². The first-order valence-corrected chi connectivity index (χ1v) is 19.8. The van der Waals surface area contributed by atoms with Crippen molar-refractivity contribution in [3.05, 3.63) is 83.9 Å². The topological polar surface area (TPSA) is 139 Å². The van der Waals surface area contributed by atoms with Crippen LogP contribution < -0.4 is 9.47 Å². The minimum atomic E-state index is -1.27. The highest BCUT2D eigenvalue weighted by Crippen LogP contribution is 2.23. The van der Waals surface area contributed by atoms with Crippen LogP contribution in [0.15, 0.2) is 83.0 Å². The van der Waals surface area contributed by atoms with Crippen LogP contribution in [0.2, 0.25) is 0 Å². The van der Waals surface area contributed by atoms with Crippen LogP contribution in [0.3, 0.4) is 0 Å². The van der Waals surface area contributed by atoms with Gasteiger partial charge in [0.2, 0.25) is 0 Å². The van der Waals surface area contributed by atoms with Gasteiger partial charge in [0.05, 0.1) is 35.7 Å². The van der Waals surface area contributed by atoms with Gasteiger partial charge in [-0.05, 0) is 99.5 Å². The SMILES string of the molecule is CCCCCCCCCCCCOc1ccc(N=Nc2ccc(C(=O)Oc3ccc(C(=O)O[C@@H](C)C(=O)O[C@@H](C)C(=O)OCCCCCC)cc3)cc2)cc1. The third kappa shape index (κ3) is 17.8. The summed E-state index contributed by atoms with van der Waals surface area (Å²) < 4.78 is 26.8. The van der Waals surface area contributed by atoms with Crippen LogP contribution >= 0.6 is 0 Å². The lowest BCUT2D eigenvalue weighted by Gasteiger charge is -2.16. The quantitative estimate of drug-likeness (QED) is 0.0257. The van der Waals surface area contributed by atoms with Gasteiger partial charge < -0.3 is 23.7 Å². The number of azo groups is 1. The number of ether oxygens (including phenoxy) is 5. The third-order valence-electron chi connectivity index (χ3n) is 8.77. The largest absolute Gasteiger partial charge is 0.494 e. The molecule has 0 fully saturated rings. The van der Waals surface area contributed by atoms with Crippen LogP contribution in [-0.4, -0.2) is 49.3 Å². The van der Waals surface area contributed by atoms with Crippen LogP contribution in [-0.2, 0) is 23.8 Å². The predicted molar refractivity (Wildman–Crippen MR) is 211 cm³/mol. The van der Waals surface area contributed by atoms with Crippen molar-refractivity contribution in [2.24, 2.45) is 10.2 Å². The lowest BCUT2D eigenvalue weighted by Crippen LogP contribution is -2.33. The molecule has 0 amide bonds. The molecule has 0 aromatic heterocycles. The van der Waals surface area contributed by atoms with Crippen molar-refractivity contribution in [2.75, 3.05) is 13.2 Å². The van der Waals surface area contributed by atoms with Crippen molar-refractivity contribution in [1.29, 1.82) is 0 Å². The van der Waals surface area contributed by atoms with Crippen molar-refractivity contribution in [2.45, 2.75) is 130 Å². The number of carbonyl (C=O) groups is 4. The fourth-order valence-electron chi connectivity index (χ4n) is 5.41. The normalized spacial score (nSPS) is 12.1. The molecule has 3 aromatic rings.